The second kappa shape index (κ2) is 6.23. The quantitative estimate of drug-likeness (QED) is 0.831. The Labute approximate surface area is 100 Å². The van der Waals surface area contributed by atoms with Crippen molar-refractivity contribution < 1.29 is 19.0 Å². The number of ether oxygens (including phenoxy) is 1. The predicted octanol–water partition coefficient (Wildman–Crippen LogP) is 2.95. The lowest BCUT2D eigenvalue weighted by atomic mass is 9.93. The molecule has 1 atom stereocenters. The standard InChI is InChI=1S/C13H17FO3/c1-9(2)10(6-13(15)16)8-17-12-5-3-4-11(14)7-12/h3-5,7,9-10H,6,8H2,1-2H3,(H,15,16). The summed E-state index contributed by atoms with van der Waals surface area (Å²) in [6.45, 7) is 4.18. The number of hydrogen-bond donors (Lipinski definition) is 1. The van der Waals surface area contributed by atoms with Gasteiger partial charge in [0.05, 0.1) is 13.0 Å². The van der Waals surface area contributed by atoms with Crippen molar-refractivity contribution in [3.05, 3.63) is 30.1 Å². The van der Waals surface area contributed by atoms with Gasteiger partial charge in [-0.25, -0.2) is 4.39 Å². The second-order valence-electron chi connectivity index (χ2n) is 4.37. The van der Waals surface area contributed by atoms with Crippen LogP contribution in [0.2, 0.25) is 0 Å². The number of benzene rings is 1. The summed E-state index contributed by atoms with van der Waals surface area (Å²) >= 11 is 0. The summed E-state index contributed by atoms with van der Waals surface area (Å²) in [5.41, 5.74) is 0. The van der Waals surface area contributed by atoms with Gasteiger partial charge in [0.25, 0.3) is 0 Å². The predicted molar refractivity (Wildman–Crippen MR) is 62.5 cm³/mol. The molecule has 0 aliphatic heterocycles. The maximum Gasteiger partial charge on any atom is 0.303 e. The zero-order valence-electron chi connectivity index (χ0n) is 10.0. The van der Waals surface area contributed by atoms with Gasteiger partial charge in [-0.1, -0.05) is 19.9 Å². The van der Waals surface area contributed by atoms with Gasteiger partial charge in [-0.15, -0.1) is 0 Å². The number of carboxylic acid groups (broad SMARTS) is 1. The summed E-state index contributed by atoms with van der Waals surface area (Å²) in [6.07, 6.45) is 0.0625. The van der Waals surface area contributed by atoms with Crippen LogP contribution in [-0.2, 0) is 4.79 Å². The molecule has 0 fully saturated rings. The van der Waals surface area contributed by atoms with Crippen LogP contribution in [0.15, 0.2) is 24.3 Å². The van der Waals surface area contributed by atoms with E-state index in [2.05, 4.69) is 0 Å². The number of aliphatic carboxylic acids is 1. The van der Waals surface area contributed by atoms with Crippen molar-refractivity contribution in [2.75, 3.05) is 6.61 Å². The van der Waals surface area contributed by atoms with Crippen LogP contribution < -0.4 is 4.74 Å². The summed E-state index contributed by atoms with van der Waals surface area (Å²) in [5.74, 6) is -0.634. The molecule has 1 aromatic rings. The molecule has 0 bridgehead atoms. The van der Waals surface area contributed by atoms with E-state index in [1.165, 1.54) is 12.1 Å². The Kier molecular flexibility index (Phi) is 4.94. The van der Waals surface area contributed by atoms with E-state index in [1.54, 1.807) is 12.1 Å². The fourth-order valence-electron chi connectivity index (χ4n) is 1.47. The number of carboxylic acids is 1. The molecule has 0 aliphatic rings. The van der Waals surface area contributed by atoms with Gasteiger partial charge in [0.2, 0.25) is 0 Å². The molecular weight excluding hydrogens is 223 g/mol. The van der Waals surface area contributed by atoms with Gasteiger partial charge in [0.1, 0.15) is 11.6 Å². The monoisotopic (exact) mass is 240 g/mol. The summed E-state index contributed by atoms with van der Waals surface area (Å²) in [7, 11) is 0. The van der Waals surface area contributed by atoms with Crippen molar-refractivity contribution in [3.63, 3.8) is 0 Å². The van der Waals surface area contributed by atoms with Crippen molar-refractivity contribution in [1.29, 1.82) is 0 Å². The third kappa shape index (κ3) is 4.85. The molecule has 1 unspecified atom stereocenters. The van der Waals surface area contributed by atoms with E-state index < -0.39 is 5.97 Å². The maximum atomic E-state index is 12.9. The molecule has 3 nitrogen and oxygen atoms in total. The van der Waals surface area contributed by atoms with Gasteiger partial charge in [0.15, 0.2) is 0 Å². The lowest BCUT2D eigenvalue weighted by Crippen LogP contribution is -2.21. The summed E-state index contributed by atoms with van der Waals surface area (Å²) in [6, 6.07) is 5.84. The van der Waals surface area contributed by atoms with Crippen LogP contribution >= 0.6 is 0 Å². The SMILES string of the molecule is CC(C)C(COc1cccc(F)c1)CC(=O)O. The molecule has 0 heterocycles. The van der Waals surface area contributed by atoms with Crippen LogP contribution in [-0.4, -0.2) is 17.7 Å². The summed E-state index contributed by atoms with van der Waals surface area (Å²) in [4.78, 5) is 10.7. The van der Waals surface area contributed by atoms with E-state index in [0.29, 0.717) is 5.75 Å². The fraction of sp³-hybridized carbons (Fsp3) is 0.462. The highest BCUT2D eigenvalue weighted by Gasteiger charge is 2.18. The van der Waals surface area contributed by atoms with Crippen LogP contribution in [0, 0.1) is 17.7 Å². The summed E-state index contributed by atoms with van der Waals surface area (Å²) in [5, 5.41) is 8.76. The average molecular weight is 240 g/mol. The van der Waals surface area contributed by atoms with Gasteiger partial charge in [-0.3, -0.25) is 4.79 Å². The van der Waals surface area contributed by atoms with Crippen molar-refractivity contribution in [2.24, 2.45) is 11.8 Å². The smallest absolute Gasteiger partial charge is 0.303 e. The molecule has 1 aromatic carbocycles. The molecule has 0 radical (unpaired) electrons. The molecule has 94 valence electrons. The Bertz CT molecular complexity index is 377. The highest BCUT2D eigenvalue weighted by molar-refractivity contribution is 5.67. The molecule has 1 N–H and O–H groups in total. The molecule has 0 saturated heterocycles. The Morgan fingerprint density at radius 2 is 2.18 bits per heavy atom. The van der Waals surface area contributed by atoms with E-state index in [9.17, 15) is 9.18 Å². The third-order valence-electron chi connectivity index (χ3n) is 2.64. The van der Waals surface area contributed by atoms with E-state index in [0.717, 1.165) is 0 Å². The van der Waals surface area contributed by atoms with E-state index in [1.807, 2.05) is 13.8 Å². The Balaban J connectivity index is 2.54. The first kappa shape index (κ1) is 13.5. The van der Waals surface area contributed by atoms with Crippen molar-refractivity contribution in [2.45, 2.75) is 20.3 Å². The van der Waals surface area contributed by atoms with Crippen LogP contribution in [0.4, 0.5) is 4.39 Å². The first-order chi connectivity index (χ1) is 7.99. The Morgan fingerprint density at radius 3 is 2.71 bits per heavy atom. The molecule has 17 heavy (non-hydrogen) atoms. The Hall–Kier alpha value is -1.58. The highest BCUT2D eigenvalue weighted by Crippen LogP contribution is 2.19. The van der Waals surface area contributed by atoms with E-state index in [4.69, 9.17) is 9.84 Å². The zero-order valence-corrected chi connectivity index (χ0v) is 10.0. The van der Waals surface area contributed by atoms with Crippen molar-refractivity contribution >= 4 is 5.97 Å². The highest BCUT2D eigenvalue weighted by atomic mass is 19.1. The first-order valence-corrected chi connectivity index (χ1v) is 5.59. The van der Waals surface area contributed by atoms with Crippen LogP contribution in [0.25, 0.3) is 0 Å². The normalized spacial score (nSPS) is 12.5. The Morgan fingerprint density at radius 1 is 1.47 bits per heavy atom. The van der Waals surface area contributed by atoms with Gasteiger partial charge in [0, 0.05) is 12.0 Å². The number of hydrogen-bond acceptors (Lipinski definition) is 2. The second-order valence-corrected chi connectivity index (χ2v) is 4.37. The minimum atomic E-state index is -0.841. The summed E-state index contributed by atoms with van der Waals surface area (Å²) < 4.78 is 18.3. The van der Waals surface area contributed by atoms with Crippen LogP contribution in [0.3, 0.4) is 0 Å². The minimum Gasteiger partial charge on any atom is -0.493 e. The fourth-order valence-corrected chi connectivity index (χ4v) is 1.47. The van der Waals surface area contributed by atoms with Crippen molar-refractivity contribution in [3.8, 4) is 5.75 Å². The maximum absolute atomic E-state index is 12.9. The molecule has 0 aliphatic carbocycles. The zero-order chi connectivity index (χ0) is 12.8. The lowest BCUT2D eigenvalue weighted by Gasteiger charge is -2.19. The van der Waals surface area contributed by atoms with Gasteiger partial charge >= 0.3 is 5.97 Å². The molecule has 0 saturated carbocycles. The topological polar surface area (TPSA) is 46.5 Å². The first-order valence-electron chi connectivity index (χ1n) is 5.59. The molecule has 0 amide bonds. The minimum absolute atomic E-state index is 0.0625. The van der Waals surface area contributed by atoms with Gasteiger partial charge in [-0.05, 0) is 18.1 Å². The number of halogens is 1. The molecule has 0 spiro atoms. The number of carbonyl (C=O) groups is 1. The average Bonchev–Trinajstić information content (AvgIpc) is 2.23. The molecule has 1 rings (SSSR count). The van der Waals surface area contributed by atoms with Crippen molar-refractivity contribution in [1.82, 2.24) is 0 Å². The largest absolute Gasteiger partial charge is 0.493 e. The lowest BCUT2D eigenvalue weighted by molar-refractivity contribution is -0.138. The van der Waals surface area contributed by atoms with Gasteiger partial charge < -0.3 is 9.84 Å². The van der Waals surface area contributed by atoms with Crippen LogP contribution in [0.5, 0.6) is 5.75 Å². The van der Waals surface area contributed by atoms with Crippen LogP contribution in [0.1, 0.15) is 20.3 Å². The molecule has 0 aromatic heterocycles. The van der Waals surface area contributed by atoms with E-state index in [-0.39, 0.29) is 30.7 Å². The van der Waals surface area contributed by atoms with E-state index >= 15 is 0 Å². The van der Waals surface area contributed by atoms with Gasteiger partial charge in [-0.2, -0.15) is 0 Å². The number of rotatable bonds is 6. The third-order valence-corrected chi connectivity index (χ3v) is 2.64. The molecule has 4 heteroatoms. The molecular formula is C13H17FO3.